The molecule has 0 spiro atoms. The Morgan fingerprint density at radius 2 is 1.64 bits per heavy atom. The minimum absolute atomic E-state index is 0. The number of rotatable bonds is 5. The number of hydrogen-bond acceptors (Lipinski definition) is 3. The van der Waals surface area contributed by atoms with E-state index in [1.165, 1.54) is 21.9 Å². The number of ether oxygens (including phenoxy) is 2. The highest BCUT2D eigenvalue weighted by atomic mass is 35.5. The Bertz CT molecular complexity index is 919. The summed E-state index contributed by atoms with van der Waals surface area (Å²) >= 11 is 0. The SMILES string of the molecule is COC1(c2cccc(OCc3ccc4ccccc4c3)c2)CCN(C)CC1.Cl. The Balaban J connectivity index is 0.00000225. The van der Waals surface area contributed by atoms with Crippen LogP contribution in [0.2, 0.25) is 0 Å². The Kier molecular flexibility index (Phi) is 6.61. The van der Waals surface area contributed by atoms with E-state index in [9.17, 15) is 0 Å². The minimum Gasteiger partial charge on any atom is -0.489 e. The van der Waals surface area contributed by atoms with Crippen LogP contribution < -0.4 is 4.74 Å². The van der Waals surface area contributed by atoms with E-state index in [1.807, 2.05) is 13.2 Å². The standard InChI is InChI=1S/C24H27NO2.ClH/c1-25-14-12-24(26-2,13-15-25)22-8-5-9-23(17-22)27-18-19-10-11-20-6-3-4-7-21(20)16-19;/h3-11,16-17H,12-15,18H2,1-2H3;1H. The molecule has 4 rings (SSSR count). The summed E-state index contributed by atoms with van der Waals surface area (Å²) in [5.41, 5.74) is 2.20. The van der Waals surface area contributed by atoms with Gasteiger partial charge in [-0.1, -0.05) is 48.5 Å². The van der Waals surface area contributed by atoms with E-state index in [1.54, 1.807) is 0 Å². The Morgan fingerprint density at radius 1 is 0.893 bits per heavy atom. The molecule has 0 N–H and O–H groups in total. The predicted molar refractivity (Wildman–Crippen MR) is 117 cm³/mol. The van der Waals surface area contributed by atoms with Gasteiger partial charge in [-0.05, 0) is 60.0 Å². The number of methoxy groups -OCH3 is 1. The number of halogens is 1. The number of fused-ring (bicyclic) bond motifs is 1. The summed E-state index contributed by atoms with van der Waals surface area (Å²) in [5.74, 6) is 0.899. The lowest BCUT2D eigenvalue weighted by atomic mass is 9.84. The summed E-state index contributed by atoms with van der Waals surface area (Å²) in [7, 11) is 4.00. The van der Waals surface area contributed by atoms with E-state index in [2.05, 4.69) is 72.6 Å². The van der Waals surface area contributed by atoms with Gasteiger partial charge in [0.25, 0.3) is 0 Å². The lowest BCUT2D eigenvalue weighted by molar-refractivity contribution is -0.0586. The van der Waals surface area contributed by atoms with Crippen LogP contribution in [0.5, 0.6) is 5.75 Å². The van der Waals surface area contributed by atoms with Crippen molar-refractivity contribution in [2.45, 2.75) is 25.0 Å². The topological polar surface area (TPSA) is 21.7 Å². The van der Waals surface area contributed by atoms with Crippen LogP contribution in [0.15, 0.2) is 66.7 Å². The van der Waals surface area contributed by atoms with Gasteiger partial charge in [0, 0.05) is 20.2 Å². The van der Waals surface area contributed by atoms with Crippen molar-refractivity contribution in [2.75, 3.05) is 27.2 Å². The zero-order valence-electron chi connectivity index (χ0n) is 16.6. The summed E-state index contributed by atoms with van der Waals surface area (Å²) in [5, 5.41) is 2.50. The molecule has 1 heterocycles. The number of hydrogen-bond donors (Lipinski definition) is 0. The van der Waals surface area contributed by atoms with Gasteiger partial charge in [0.05, 0.1) is 5.60 Å². The predicted octanol–water partition coefficient (Wildman–Crippen LogP) is 5.41. The fourth-order valence-corrected chi connectivity index (χ4v) is 3.95. The van der Waals surface area contributed by atoms with E-state index in [0.717, 1.165) is 31.7 Å². The summed E-state index contributed by atoms with van der Waals surface area (Å²) < 4.78 is 12.1. The third kappa shape index (κ3) is 4.33. The molecular weight excluding hydrogens is 370 g/mol. The molecule has 0 saturated carbocycles. The van der Waals surface area contributed by atoms with Crippen molar-refractivity contribution in [2.24, 2.45) is 0 Å². The second-order valence-corrected chi connectivity index (χ2v) is 7.50. The lowest BCUT2D eigenvalue weighted by Crippen LogP contribution is -2.42. The first kappa shape index (κ1) is 20.7. The molecule has 28 heavy (non-hydrogen) atoms. The maximum atomic E-state index is 6.12. The van der Waals surface area contributed by atoms with Crippen molar-refractivity contribution in [3.63, 3.8) is 0 Å². The maximum absolute atomic E-state index is 6.12. The van der Waals surface area contributed by atoms with Crippen LogP contribution in [-0.4, -0.2) is 32.1 Å². The van der Waals surface area contributed by atoms with Gasteiger partial charge in [-0.25, -0.2) is 0 Å². The molecule has 0 unspecified atom stereocenters. The van der Waals surface area contributed by atoms with Crippen molar-refractivity contribution in [3.8, 4) is 5.75 Å². The Morgan fingerprint density at radius 3 is 2.39 bits per heavy atom. The summed E-state index contributed by atoms with van der Waals surface area (Å²) in [6, 6.07) is 23.3. The Hall–Kier alpha value is -2.07. The van der Waals surface area contributed by atoms with Crippen molar-refractivity contribution in [1.82, 2.24) is 4.90 Å². The fraction of sp³-hybridized carbons (Fsp3) is 0.333. The van der Waals surface area contributed by atoms with Crippen molar-refractivity contribution < 1.29 is 9.47 Å². The smallest absolute Gasteiger partial charge is 0.120 e. The molecule has 1 aliphatic heterocycles. The van der Waals surface area contributed by atoms with E-state index in [0.29, 0.717) is 6.61 Å². The van der Waals surface area contributed by atoms with Crippen LogP contribution in [-0.2, 0) is 16.9 Å². The van der Waals surface area contributed by atoms with Crippen molar-refractivity contribution in [3.05, 3.63) is 77.9 Å². The Labute approximate surface area is 173 Å². The molecule has 0 amide bonds. The second-order valence-electron chi connectivity index (χ2n) is 7.50. The first-order valence-corrected chi connectivity index (χ1v) is 9.63. The van der Waals surface area contributed by atoms with Gasteiger partial charge in [-0.3, -0.25) is 0 Å². The van der Waals surface area contributed by atoms with Gasteiger partial charge in [0.15, 0.2) is 0 Å². The van der Waals surface area contributed by atoms with Gasteiger partial charge in [-0.15, -0.1) is 12.4 Å². The quantitative estimate of drug-likeness (QED) is 0.574. The number of benzene rings is 3. The van der Waals surface area contributed by atoms with Crippen LogP contribution >= 0.6 is 12.4 Å². The molecule has 1 saturated heterocycles. The first-order valence-electron chi connectivity index (χ1n) is 9.63. The molecule has 0 bridgehead atoms. The van der Waals surface area contributed by atoms with Gasteiger partial charge in [0.2, 0.25) is 0 Å². The first-order chi connectivity index (χ1) is 13.2. The average Bonchev–Trinajstić information content (AvgIpc) is 2.73. The molecular formula is C24H28ClNO2. The average molecular weight is 398 g/mol. The molecule has 3 aromatic rings. The number of likely N-dealkylation sites (tertiary alicyclic amines) is 1. The third-order valence-electron chi connectivity index (χ3n) is 5.76. The molecule has 0 aromatic heterocycles. The van der Waals surface area contributed by atoms with Crippen molar-refractivity contribution >= 4 is 23.2 Å². The zero-order chi connectivity index (χ0) is 18.7. The largest absolute Gasteiger partial charge is 0.489 e. The molecule has 0 atom stereocenters. The molecule has 4 heteroatoms. The van der Waals surface area contributed by atoms with Gasteiger partial charge in [-0.2, -0.15) is 0 Å². The molecule has 0 aliphatic carbocycles. The monoisotopic (exact) mass is 397 g/mol. The molecule has 1 aliphatic rings. The third-order valence-corrected chi connectivity index (χ3v) is 5.76. The van der Waals surface area contributed by atoms with E-state index >= 15 is 0 Å². The highest BCUT2D eigenvalue weighted by Gasteiger charge is 2.35. The van der Waals surface area contributed by atoms with Crippen LogP contribution in [0.1, 0.15) is 24.0 Å². The van der Waals surface area contributed by atoms with E-state index in [-0.39, 0.29) is 18.0 Å². The summed E-state index contributed by atoms with van der Waals surface area (Å²) in [4.78, 5) is 2.36. The maximum Gasteiger partial charge on any atom is 0.120 e. The molecule has 1 fully saturated rings. The second kappa shape index (κ2) is 8.95. The van der Waals surface area contributed by atoms with Crippen LogP contribution in [0.3, 0.4) is 0 Å². The van der Waals surface area contributed by atoms with Gasteiger partial charge >= 0.3 is 0 Å². The molecule has 148 valence electrons. The minimum atomic E-state index is -0.200. The molecule has 0 radical (unpaired) electrons. The van der Waals surface area contributed by atoms with Crippen LogP contribution in [0.4, 0.5) is 0 Å². The van der Waals surface area contributed by atoms with Gasteiger partial charge in [0.1, 0.15) is 12.4 Å². The zero-order valence-corrected chi connectivity index (χ0v) is 17.4. The van der Waals surface area contributed by atoms with E-state index in [4.69, 9.17) is 9.47 Å². The summed E-state index contributed by atoms with van der Waals surface area (Å²) in [6.07, 6.45) is 2.02. The fourth-order valence-electron chi connectivity index (χ4n) is 3.95. The van der Waals surface area contributed by atoms with Crippen LogP contribution in [0, 0.1) is 0 Å². The highest BCUT2D eigenvalue weighted by Crippen LogP contribution is 2.37. The highest BCUT2D eigenvalue weighted by molar-refractivity contribution is 5.85. The number of nitrogens with zero attached hydrogens (tertiary/aromatic N) is 1. The summed E-state index contributed by atoms with van der Waals surface area (Å²) in [6.45, 7) is 2.67. The molecule has 3 aromatic carbocycles. The number of piperidine rings is 1. The van der Waals surface area contributed by atoms with E-state index < -0.39 is 0 Å². The van der Waals surface area contributed by atoms with Crippen molar-refractivity contribution in [1.29, 1.82) is 0 Å². The van der Waals surface area contributed by atoms with Gasteiger partial charge < -0.3 is 14.4 Å². The lowest BCUT2D eigenvalue weighted by Gasteiger charge is -2.40. The van der Waals surface area contributed by atoms with Crippen LogP contribution in [0.25, 0.3) is 10.8 Å². The molecule has 3 nitrogen and oxygen atoms in total. The normalized spacial score (nSPS) is 16.5.